The van der Waals surface area contributed by atoms with Gasteiger partial charge in [0.05, 0.1) is 7.11 Å². The summed E-state index contributed by atoms with van der Waals surface area (Å²) in [6.45, 7) is 6.49. The summed E-state index contributed by atoms with van der Waals surface area (Å²) >= 11 is 0. The normalized spacial score (nSPS) is 12.2. The number of esters is 1. The van der Waals surface area contributed by atoms with Crippen LogP contribution in [-0.4, -0.2) is 13.1 Å². The maximum Gasteiger partial charge on any atom is 0.305 e. The van der Waals surface area contributed by atoms with Gasteiger partial charge < -0.3 is 10.5 Å². The fourth-order valence-electron chi connectivity index (χ4n) is 2.64. The third kappa shape index (κ3) is 4.07. The lowest BCUT2D eigenvalue weighted by molar-refractivity contribution is -0.140. The monoisotopic (exact) mass is 277 g/mol. The molecule has 0 amide bonds. The van der Waals surface area contributed by atoms with E-state index in [1.165, 1.54) is 29.4 Å². The Bertz CT molecular complexity index is 429. The molecule has 3 heteroatoms. The van der Waals surface area contributed by atoms with Gasteiger partial charge in [-0.25, -0.2) is 0 Å². The molecule has 112 valence electrons. The summed E-state index contributed by atoms with van der Waals surface area (Å²) in [5, 5.41) is 0. The average molecular weight is 277 g/mol. The second kappa shape index (κ2) is 8.05. The predicted octanol–water partition coefficient (Wildman–Crippen LogP) is 3.33. The Morgan fingerprint density at radius 1 is 1.15 bits per heavy atom. The van der Waals surface area contributed by atoms with E-state index in [1.807, 2.05) is 0 Å². The van der Waals surface area contributed by atoms with Crippen LogP contribution in [0.3, 0.4) is 0 Å². The van der Waals surface area contributed by atoms with E-state index in [1.54, 1.807) is 0 Å². The van der Waals surface area contributed by atoms with Gasteiger partial charge in [-0.2, -0.15) is 0 Å². The molecule has 0 spiro atoms. The van der Waals surface area contributed by atoms with E-state index >= 15 is 0 Å². The number of hydrogen-bond acceptors (Lipinski definition) is 3. The largest absolute Gasteiger partial charge is 0.469 e. The van der Waals surface area contributed by atoms with E-state index in [4.69, 9.17) is 10.5 Å². The van der Waals surface area contributed by atoms with Crippen LogP contribution in [0.25, 0.3) is 0 Å². The zero-order chi connectivity index (χ0) is 15.1. The Labute approximate surface area is 122 Å². The highest BCUT2D eigenvalue weighted by Gasteiger charge is 2.16. The molecule has 1 aromatic rings. The molecule has 1 atom stereocenters. The maximum absolute atomic E-state index is 11.3. The predicted molar refractivity (Wildman–Crippen MR) is 82.8 cm³/mol. The quantitative estimate of drug-likeness (QED) is 0.778. The maximum atomic E-state index is 11.3. The number of ether oxygens (including phenoxy) is 1. The molecule has 1 unspecified atom stereocenters. The highest BCUT2D eigenvalue weighted by atomic mass is 16.5. The van der Waals surface area contributed by atoms with Crippen LogP contribution in [0.2, 0.25) is 0 Å². The molecule has 0 aliphatic heterocycles. The Balaban J connectivity index is 3.04. The summed E-state index contributed by atoms with van der Waals surface area (Å²) < 4.78 is 4.69. The summed E-state index contributed by atoms with van der Waals surface area (Å²) in [6.07, 6.45) is 4.00. The van der Waals surface area contributed by atoms with Crippen LogP contribution >= 0.6 is 0 Å². The summed E-state index contributed by atoms with van der Waals surface area (Å²) in [6, 6.07) is 4.42. The number of rotatable bonds is 7. The van der Waals surface area contributed by atoms with E-state index in [2.05, 4.69) is 32.9 Å². The van der Waals surface area contributed by atoms with E-state index in [0.717, 1.165) is 19.3 Å². The molecule has 0 saturated heterocycles. The minimum atomic E-state index is -0.193. The molecule has 0 aliphatic rings. The third-order valence-corrected chi connectivity index (χ3v) is 3.84. The van der Waals surface area contributed by atoms with Crippen molar-refractivity contribution in [2.45, 2.75) is 58.9 Å². The molecule has 0 heterocycles. The van der Waals surface area contributed by atoms with Gasteiger partial charge in [0, 0.05) is 12.5 Å². The van der Waals surface area contributed by atoms with Crippen LogP contribution < -0.4 is 5.73 Å². The topological polar surface area (TPSA) is 52.3 Å². The second-order valence-electron chi connectivity index (χ2n) is 5.11. The number of methoxy groups -OCH3 is 1. The van der Waals surface area contributed by atoms with Gasteiger partial charge in [-0.05, 0) is 47.9 Å². The zero-order valence-electron chi connectivity index (χ0n) is 13.2. The molecule has 0 bridgehead atoms. The van der Waals surface area contributed by atoms with Gasteiger partial charge in [0.1, 0.15) is 0 Å². The summed E-state index contributed by atoms with van der Waals surface area (Å²) in [7, 11) is 1.42. The summed E-state index contributed by atoms with van der Waals surface area (Å²) in [4.78, 5) is 11.3. The Hall–Kier alpha value is -1.35. The van der Waals surface area contributed by atoms with Crippen molar-refractivity contribution in [2.24, 2.45) is 5.73 Å². The Morgan fingerprint density at radius 3 is 2.10 bits per heavy atom. The smallest absolute Gasteiger partial charge is 0.305 e. The minimum Gasteiger partial charge on any atom is -0.469 e. The van der Waals surface area contributed by atoms with Crippen molar-refractivity contribution in [3.8, 4) is 0 Å². The molecule has 20 heavy (non-hydrogen) atoms. The average Bonchev–Trinajstić information content (AvgIpc) is 2.50. The van der Waals surface area contributed by atoms with E-state index < -0.39 is 0 Å². The van der Waals surface area contributed by atoms with Crippen LogP contribution in [0.15, 0.2) is 12.1 Å². The number of nitrogens with two attached hydrogens (primary N) is 1. The molecule has 1 rings (SSSR count). The van der Waals surface area contributed by atoms with Gasteiger partial charge in [-0.3, -0.25) is 4.79 Å². The van der Waals surface area contributed by atoms with Crippen molar-refractivity contribution in [2.75, 3.05) is 7.11 Å². The molecular formula is C17H27NO2. The Morgan fingerprint density at radius 2 is 1.70 bits per heavy atom. The van der Waals surface area contributed by atoms with Crippen molar-refractivity contribution in [1.29, 1.82) is 0 Å². The lowest BCUT2D eigenvalue weighted by atomic mass is 9.88. The number of carbonyl (C=O) groups is 1. The Kier molecular flexibility index (Phi) is 6.73. The first kappa shape index (κ1) is 16.7. The number of carbonyl (C=O) groups excluding carboxylic acids is 1. The van der Waals surface area contributed by atoms with Gasteiger partial charge in [0.15, 0.2) is 0 Å². The van der Waals surface area contributed by atoms with Crippen LogP contribution in [0.1, 0.15) is 61.9 Å². The highest BCUT2D eigenvalue weighted by Crippen LogP contribution is 2.27. The first-order valence-electron chi connectivity index (χ1n) is 7.54. The molecule has 0 aromatic heterocycles. The van der Waals surface area contributed by atoms with Crippen molar-refractivity contribution < 1.29 is 9.53 Å². The molecule has 0 fully saturated rings. The summed E-state index contributed by atoms with van der Waals surface area (Å²) in [5.41, 5.74) is 11.6. The van der Waals surface area contributed by atoms with Crippen molar-refractivity contribution >= 4 is 5.97 Å². The van der Waals surface area contributed by atoms with Gasteiger partial charge >= 0.3 is 5.97 Å². The van der Waals surface area contributed by atoms with Gasteiger partial charge in [-0.15, -0.1) is 0 Å². The van der Waals surface area contributed by atoms with E-state index in [0.29, 0.717) is 12.8 Å². The standard InChI is InChI=1S/C17H27NO2/c1-5-12-10-13(6-2)17(14(7-3)11-12)15(18)8-9-16(19)20-4/h10-11,15H,5-9,18H2,1-4H3. The molecular weight excluding hydrogens is 250 g/mol. The fourth-order valence-corrected chi connectivity index (χ4v) is 2.64. The molecule has 1 aromatic carbocycles. The van der Waals surface area contributed by atoms with Gasteiger partial charge in [0.2, 0.25) is 0 Å². The number of aryl methyl sites for hydroxylation is 3. The van der Waals surface area contributed by atoms with Crippen LogP contribution in [0.4, 0.5) is 0 Å². The number of benzene rings is 1. The van der Waals surface area contributed by atoms with E-state index in [9.17, 15) is 4.79 Å². The number of hydrogen-bond donors (Lipinski definition) is 1. The molecule has 0 saturated carbocycles. The minimum absolute atomic E-state index is 0.0927. The molecule has 2 N–H and O–H groups in total. The summed E-state index contributed by atoms with van der Waals surface area (Å²) in [5.74, 6) is -0.193. The van der Waals surface area contributed by atoms with Crippen molar-refractivity contribution in [3.05, 3.63) is 34.4 Å². The lowest BCUT2D eigenvalue weighted by Crippen LogP contribution is -2.17. The van der Waals surface area contributed by atoms with E-state index in [-0.39, 0.29) is 12.0 Å². The van der Waals surface area contributed by atoms with Crippen molar-refractivity contribution in [1.82, 2.24) is 0 Å². The lowest BCUT2D eigenvalue weighted by Gasteiger charge is -2.21. The molecule has 3 nitrogen and oxygen atoms in total. The first-order valence-corrected chi connectivity index (χ1v) is 7.54. The fraction of sp³-hybridized carbons (Fsp3) is 0.588. The second-order valence-corrected chi connectivity index (χ2v) is 5.11. The van der Waals surface area contributed by atoms with Gasteiger partial charge in [0.25, 0.3) is 0 Å². The first-order chi connectivity index (χ1) is 9.57. The zero-order valence-corrected chi connectivity index (χ0v) is 13.2. The molecule has 0 aliphatic carbocycles. The SMILES string of the molecule is CCc1cc(CC)c(C(N)CCC(=O)OC)c(CC)c1. The highest BCUT2D eigenvalue weighted by molar-refractivity contribution is 5.69. The van der Waals surface area contributed by atoms with Crippen LogP contribution in [-0.2, 0) is 28.8 Å². The van der Waals surface area contributed by atoms with Crippen LogP contribution in [0.5, 0.6) is 0 Å². The van der Waals surface area contributed by atoms with Gasteiger partial charge in [-0.1, -0.05) is 32.9 Å². The third-order valence-electron chi connectivity index (χ3n) is 3.84. The van der Waals surface area contributed by atoms with Crippen LogP contribution in [0, 0.1) is 0 Å². The van der Waals surface area contributed by atoms with Crippen molar-refractivity contribution in [3.63, 3.8) is 0 Å². The molecule has 0 radical (unpaired) electrons.